The van der Waals surface area contributed by atoms with E-state index in [-0.39, 0.29) is 6.10 Å². The summed E-state index contributed by atoms with van der Waals surface area (Å²) < 4.78 is 6.01. The van der Waals surface area contributed by atoms with Gasteiger partial charge in [-0.3, -0.25) is 0 Å². The highest BCUT2D eigenvalue weighted by Gasteiger charge is 2.14. The van der Waals surface area contributed by atoms with Gasteiger partial charge in [-0.2, -0.15) is 0 Å². The molecule has 3 heteroatoms. The van der Waals surface area contributed by atoms with Crippen LogP contribution >= 0.6 is 0 Å². The lowest BCUT2D eigenvalue weighted by atomic mass is 10.2. The van der Waals surface area contributed by atoms with E-state index in [0.717, 1.165) is 28.2 Å². The average Bonchev–Trinajstić information content (AvgIpc) is 2.87. The van der Waals surface area contributed by atoms with E-state index in [1.807, 2.05) is 50.2 Å². The van der Waals surface area contributed by atoms with Gasteiger partial charge in [0.05, 0.1) is 11.0 Å². The predicted molar refractivity (Wildman–Crippen MR) is 81.1 cm³/mol. The van der Waals surface area contributed by atoms with E-state index in [9.17, 15) is 0 Å². The first-order valence-electron chi connectivity index (χ1n) is 6.82. The summed E-state index contributed by atoms with van der Waals surface area (Å²) >= 11 is 0. The number of hydrogen-bond donors (Lipinski definition) is 1. The molecule has 0 aliphatic rings. The van der Waals surface area contributed by atoms with E-state index in [1.165, 1.54) is 5.56 Å². The largest absolute Gasteiger partial charge is 0.483 e. The van der Waals surface area contributed by atoms with E-state index in [1.54, 1.807) is 0 Å². The summed E-state index contributed by atoms with van der Waals surface area (Å²) in [5.41, 5.74) is 4.38. The van der Waals surface area contributed by atoms with Crippen LogP contribution in [0, 0.1) is 13.8 Å². The number of fused-ring (bicyclic) bond motifs is 1. The summed E-state index contributed by atoms with van der Waals surface area (Å²) in [5, 5.41) is 0. The second-order valence-corrected chi connectivity index (χ2v) is 5.12. The normalized spacial score (nSPS) is 12.6. The lowest BCUT2D eigenvalue weighted by Gasteiger charge is -2.14. The van der Waals surface area contributed by atoms with E-state index < -0.39 is 0 Å². The minimum Gasteiger partial charge on any atom is -0.483 e. The van der Waals surface area contributed by atoms with Crippen molar-refractivity contribution in [3.63, 3.8) is 0 Å². The maximum atomic E-state index is 6.01. The Morgan fingerprint density at radius 1 is 1.00 bits per heavy atom. The molecule has 1 aromatic heterocycles. The van der Waals surface area contributed by atoms with Crippen molar-refractivity contribution in [2.45, 2.75) is 26.9 Å². The lowest BCUT2D eigenvalue weighted by molar-refractivity contribution is 0.216. The minimum atomic E-state index is -0.108. The van der Waals surface area contributed by atoms with Crippen molar-refractivity contribution in [1.82, 2.24) is 9.97 Å². The zero-order valence-corrected chi connectivity index (χ0v) is 12.0. The Morgan fingerprint density at radius 3 is 2.50 bits per heavy atom. The molecule has 0 saturated heterocycles. The first-order valence-corrected chi connectivity index (χ1v) is 6.82. The predicted octanol–water partition coefficient (Wildman–Crippen LogP) is 4.32. The summed E-state index contributed by atoms with van der Waals surface area (Å²) in [6.07, 6.45) is -0.108. The molecule has 3 nitrogen and oxygen atoms in total. The molecule has 0 spiro atoms. The van der Waals surface area contributed by atoms with Crippen molar-refractivity contribution in [2.24, 2.45) is 0 Å². The van der Waals surface area contributed by atoms with Gasteiger partial charge in [-0.15, -0.1) is 0 Å². The molecular weight excluding hydrogens is 248 g/mol. The number of aromatic amines is 1. The molecule has 2 aromatic carbocycles. The summed E-state index contributed by atoms with van der Waals surface area (Å²) in [4.78, 5) is 8.00. The third-order valence-corrected chi connectivity index (χ3v) is 3.52. The van der Waals surface area contributed by atoms with Crippen LogP contribution in [0.5, 0.6) is 5.75 Å². The molecule has 0 saturated carbocycles. The number of aryl methyl sites for hydroxylation is 2. The van der Waals surface area contributed by atoms with Crippen LogP contribution in [0.2, 0.25) is 0 Å². The highest BCUT2D eigenvalue weighted by Crippen LogP contribution is 2.25. The van der Waals surface area contributed by atoms with Gasteiger partial charge in [0.25, 0.3) is 0 Å². The molecule has 0 bridgehead atoms. The number of H-pyrrole nitrogens is 1. The number of imidazole rings is 1. The van der Waals surface area contributed by atoms with Gasteiger partial charge >= 0.3 is 0 Å². The van der Waals surface area contributed by atoms with Crippen molar-refractivity contribution in [1.29, 1.82) is 0 Å². The topological polar surface area (TPSA) is 37.9 Å². The van der Waals surface area contributed by atoms with Crippen LogP contribution in [-0.2, 0) is 0 Å². The molecule has 0 amide bonds. The third-order valence-electron chi connectivity index (χ3n) is 3.52. The maximum Gasteiger partial charge on any atom is 0.153 e. The molecular formula is C17H18N2O. The van der Waals surface area contributed by atoms with Crippen molar-refractivity contribution in [2.75, 3.05) is 0 Å². The molecule has 0 aliphatic carbocycles. The van der Waals surface area contributed by atoms with Crippen molar-refractivity contribution in [3.05, 3.63) is 59.4 Å². The van der Waals surface area contributed by atoms with Crippen LogP contribution in [0.1, 0.15) is 30.0 Å². The van der Waals surface area contributed by atoms with E-state index in [4.69, 9.17) is 4.74 Å². The zero-order chi connectivity index (χ0) is 14.1. The van der Waals surface area contributed by atoms with Crippen LogP contribution in [-0.4, -0.2) is 9.97 Å². The van der Waals surface area contributed by atoms with Crippen molar-refractivity contribution in [3.8, 4) is 5.75 Å². The van der Waals surface area contributed by atoms with E-state index in [0.29, 0.717) is 0 Å². The standard InChI is InChI=1S/C17H18N2O/c1-11-7-4-5-10-15(11)20-13(3)17-18-14-9-6-8-12(2)16(14)19-17/h4-10,13H,1-3H3,(H,18,19). The molecule has 0 radical (unpaired) electrons. The Kier molecular flexibility index (Phi) is 3.18. The second-order valence-electron chi connectivity index (χ2n) is 5.12. The van der Waals surface area contributed by atoms with Gasteiger partial charge in [0.2, 0.25) is 0 Å². The monoisotopic (exact) mass is 266 g/mol. The van der Waals surface area contributed by atoms with Crippen molar-refractivity contribution >= 4 is 11.0 Å². The van der Waals surface area contributed by atoms with Gasteiger partial charge in [-0.05, 0) is 44.0 Å². The Hall–Kier alpha value is -2.29. The molecule has 1 heterocycles. The quantitative estimate of drug-likeness (QED) is 0.766. The molecule has 1 unspecified atom stereocenters. The summed E-state index contributed by atoms with van der Waals surface area (Å²) in [6.45, 7) is 6.13. The minimum absolute atomic E-state index is 0.108. The van der Waals surface area contributed by atoms with E-state index in [2.05, 4.69) is 23.0 Å². The highest BCUT2D eigenvalue weighted by molar-refractivity contribution is 5.78. The average molecular weight is 266 g/mol. The summed E-state index contributed by atoms with van der Waals surface area (Å²) in [6, 6.07) is 14.2. The van der Waals surface area contributed by atoms with Gasteiger partial charge in [0, 0.05) is 0 Å². The van der Waals surface area contributed by atoms with Crippen LogP contribution in [0.25, 0.3) is 11.0 Å². The Labute approximate surface area is 118 Å². The SMILES string of the molecule is Cc1ccccc1OC(C)c1nc2c(C)cccc2[nH]1. The Bertz CT molecular complexity index is 746. The molecule has 1 atom stereocenters. The fraction of sp³-hybridized carbons (Fsp3) is 0.235. The number of aromatic nitrogens is 2. The number of para-hydroxylation sites is 2. The van der Waals surface area contributed by atoms with Crippen molar-refractivity contribution < 1.29 is 4.74 Å². The van der Waals surface area contributed by atoms with Gasteiger partial charge in [-0.25, -0.2) is 4.98 Å². The first-order chi connectivity index (χ1) is 9.65. The fourth-order valence-electron chi connectivity index (χ4n) is 2.32. The number of benzene rings is 2. The third kappa shape index (κ3) is 2.27. The van der Waals surface area contributed by atoms with E-state index >= 15 is 0 Å². The van der Waals surface area contributed by atoms with Gasteiger partial charge in [-0.1, -0.05) is 30.3 Å². The number of rotatable bonds is 3. The molecule has 102 valence electrons. The number of nitrogens with one attached hydrogen (secondary N) is 1. The van der Waals surface area contributed by atoms with Gasteiger partial charge in [0.1, 0.15) is 11.6 Å². The number of ether oxygens (including phenoxy) is 1. The van der Waals surface area contributed by atoms with Gasteiger partial charge < -0.3 is 9.72 Å². The highest BCUT2D eigenvalue weighted by atomic mass is 16.5. The Balaban J connectivity index is 1.91. The summed E-state index contributed by atoms with van der Waals surface area (Å²) in [5.74, 6) is 1.76. The number of hydrogen-bond acceptors (Lipinski definition) is 2. The fourth-order valence-corrected chi connectivity index (χ4v) is 2.32. The molecule has 0 fully saturated rings. The molecule has 20 heavy (non-hydrogen) atoms. The van der Waals surface area contributed by atoms with Crippen LogP contribution < -0.4 is 4.74 Å². The molecule has 3 aromatic rings. The molecule has 0 aliphatic heterocycles. The van der Waals surface area contributed by atoms with Crippen LogP contribution in [0.3, 0.4) is 0 Å². The second kappa shape index (κ2) is 5.00. The molecule has 1 N–H and O–H groups in total. The van der Waals surface area contributed by atoms with Crippen LogP contribution in [0.15, 0.2) is 42.5 Å². The maximum absolute atomic E-state index is 6.01. The summed E-state index contributed by atoms with van der Waals surface area (Å²) in [7, 11) is 0. The van der Waals surface area contributed by atoms with Crippen LogP contribution in [0.4, 0.5) is 0 Å². The smallest absolute Gasteiger partial charge is 0.153 e. The zero-order valence-electron chi connectivity index (χ0n) is 12.0. The lowest BCUT2D eigenvalue weighted by Crippen LogP contribution is -2.05. The van der Waals surface area contributed by atoms with Gasteiger partial charge in [0.15, 0.2) is 6.10 Å². The Morgan fingerprint density at radius 2 is 1.75 bits per heavy atom. The number of nitrogens with zero attached hydrogens (tertiary/aromatic N) is 1. The molecule has 3 rings (SSSR count). The first kappa shape index (κ1) is 12.7.